The van der Waals surface area contributed by atoms with E-state index in [2.05, 4.69) is 11.4 Å². The number of piperidine rings is 1. The van der Waals surface area contributed by atoms with E-state index in [4.69, 9.17) is 4.74 Å². The Morgan fingerprint density at radius 3 is 2.58 bits per heavy atom. The first kappa shape index (κ1) is 18.3. The van der Waals surface area contributed by atoms with Crippen LogP contribution in [-0.2, 0) is 5.41 Å². The maximum atomic E-state index is 12.7. The minimum Gasteiger partial charge on any atom is -0.496 e. The van der Waals surface area contributed by atoms with E-state index in [9.17, 15) is 14.7 Å². The average Bonchev–Trinajstić information content (AvgIpc) is 3.22. The molecule has 2 N–H and O–H groups in total. The summed E-state index contributed by atoms with van der Waals surface area (Å²) in [5, 5.41) is 14.3. The molecule has 0 saturated carbocycles. The number of rotatable bonds is 5. The molecule has 0 radical (unpaired) electrons. The number of likely N-dealkylation sites (tertiary alicyclic amines) is 1. The highest BCUT2D eigenvalue weighted by Crippen LogP contribution is 2.37. The van der Waals surface area contributed by atoms with Gasteiger partial charge in [-0.3, -0.25) is 4.79 Å². The fourth-order valence-electron chi connectivity index (χ4n) is 3.39. The molecule has 1 aromatic heterocycles. The van der Waals surface area contributed by atoms with E-state index in [-0.39, 0.29) is 11.3 Å². The molecule has 1 aromatic carbocycles. The van der Waals surface area contributed by atoms with E-state index in [0.717, 1.165) is 0 Å². The summed E-state index contributed by atoms with van der Waals surface area (Å²) in [5.41, 5.74) is 0.261. The van der Waals surface area contributed by atoms with Crippen LogP contribution in [0.5, 0.6) is 5.75 Å². The van der Waals surface area contributed by atoms with Crippen molar-refractivity contribution in [1.29, 1.82) is 0 Å². The summed E-state index contributed by atoms with van der Waals surface area (Å²) in [6, 6.07) is 11.2. The Morgan fingerprint density at radius 1 is 1.23 bits per heavy atom. The van der Waals surface area contributed by atoms with E-state index in [0.29, 0.717) is 43.8 Å². The van der Waals surface area contributed by atoms with Gasteiger partial charge < -0.3 is 20.1 Å². The molecule has 26 heavy (non-hydrogen) atoms. The molecule has 0 unspecified atom stereocenters. The number of benzene rings is 1. The lowest BCUT2D eigenvalue weighted by molar-refractivity contribution is 0.0907. The van der Waals surface area contributed by atoms with Gasteiger partial charge in [0, 0.05) is 29.9 Å². The number of carbonyl (C=O) groups is 2. The fraction of sp³-hybridized carbons (Fsp3) is 0.368. The van der Waals surface area contributed by atoms with Crippen molar-refractivity contribution in [2.24, 2.45) is 0 Å². The number of hydrogen-bond acceptors (Lipinski definition) is 4. The van der Waals surface area contributed by atoms with Gasteiger partial charge in [-0.25, -0.2) is 4.79 Å². The van der Waals surface area contributed by atoms with E-state index in [1.807, 2.05) is 17.5 Å². The molecule has 1 aliphatic heterocycles. The molecule has 0 bridgehead atoms. The molecule has 1 saturated heterocycles. The first-order valence-electron chi connectivity index (χ1n) is 8.49. The number of ether oxygens (including phenoxy) is 1. The fourth-order valence-corrected chi connectivity index (χ4v) is 4.38. The van der Waals surface area contributed by atoms with Gasteiger partial charge in [0.2, 0.25) is 0 Å². The highest BCUT2D eigenvalue weighted by molar-refractivity contribution is 7.10. The number of amides is 2. The average molecular weight is 374 g/mol. The van der Waals surface area contributed by atoms with Gasteiger partial charge in [0.15, 0.2) is 0 Å². The lowest BCUT2D eigenvalue weighted by Crippen LogP contribution is -2.49. The van der Waals surface area contributed by atoms with Crippen LogP contribution in [0, 0.1) is 0 Å². The number of carbonyl (C=O) groups excluding carboxylic acids is 1. The smallest absolute Gasteiger partial charge is 0.407 e. The summed E-state index contributed by atoms with van der Waals surface area (Å²) in [6.45, 7) is 1.41. The molecule has 2 amide bonds. The Labute approximate surface area is 156 Å². The molecule has 0 aliphatic carbocycles. The number of nitrogens with zero attached hydrogens (tertiary/aromatic N) is 1. The Balaban J connectivity index is 1.75. The minimum atomic E-state index is -0.886. The third-order valence-corrected chi connectivity index (χ3v) is 6.09. The number of hydrogen-bond donors (Lipinski definition) is 2. The van der Waals surface area contributed by atoms with Crippen molar-refractivity contribution in [1.82, 2.24) is 10.2 Å². The van der Waals surface area contributed by atoms with Crippen molar-refractivity contribution in [3.63, 3.8) is 0 Å². The summed E-state index contributed by atoms with van der Waals surface area (Å²) in [7, 11) is 1.54. The quantitative estimate of drug-likeness (QED) is 0.842. The van der Waals surface area contributed by atoms with Crippen LogP contribution in [0.3, 0.4) is 0 Å². The Kier molecular flexibility index (Phi) is 5.46. The van der Waals surface area contributed by atoms with Crippen molar-refractivity contribution < 1.29 is 19.4 Å². The largest absolute Gasteiger partial charge is 0.496 e. The van der Waals surface area contributed by atoms with E-state index in [1.54, 1.807) is 36.6 Å². The monoisotopic (exact) mass is 374 g/mol. The second-order valence-corrected chi connectivity index (χ2v) is 7.36. The number of para-hydroxylation sites is 1. The van der Waals surface area contributed by atoms with Gasteiger partial charge in [0.05, 0.1) is 12.7 Å². The molecule has 0 spiro atoms. The summed E-state index contributed by atoms with van der Waals surface area (Å²) in [4.78, 5) is 26.5. The SMILES string of the molecule is COc1ccccc1C(=O)NCC1(c2cccs2)CCN(C(=O)O)CC1. The maximum Gasteiger partial charge on any atom is 0.407 e. The van der Waals surface area contributed by atoms with Gasteiger partial charge in [-0.05, 0) is 36.4 Å². The Bertz CT molecular complexity index is 768. The predicted octanol–water partition coefficient (Wildman–Crippen LogP) is 3.20. The first-order valence-corrected chi connectivity index (χ1v) is 9.37. The second-order valence-electron chi connectivity index (χ2n) is 6.41. The van der Waals surface area contributed by atoms with Gasteiger partial charge in [-0.15, -0.1) is 11.3 Å². The van der Waals surface area contributed by atoms with Crippen LogP contribution >= 0.6 is 11.3 Å². The predicted molar refractivity (Wildman–Crippen MR) is 100 cm³/mol. The van der Waals surface area contributed by atoms with Crippen molar-refractivity contribution in [2.45, 2.75) is 18.3 Å². The van der Waals surface area contributed by atoms with Gasteiger partial charge in [0.25, 0.3) is 5.91 Å². The Hall–Kier alpha value is -2.54. The number of thiophene rings is 1. The molecule has 138 valence electrons. The third kappa shape index (κ3) is 3.67. The minimum absolute atomic E-state index is 0.181. The molecular weight excluding hydrogens is 352 g/mol. The molecule has 3 rings (SSSR count). The molecule has 6 nitrogen and oxygen atoms in total. The van der Waals surface area contributed by atoms with Gasteiger partial charge in [-0.1, -0.05) is 18.2 Å². The molecular formula is C19H22N2O4S. The van der Waals surface area contributed by atoms with Crippen LogP contribution in [0.4, 0.5) is 4.79 Å². The molecule has 2 heterocycles. The van der Waals surface area contributed by atoms with E-state index < -0.39 is 6.09 Å². The zero-order valence-corrected chi connectivity index (χ0v) is 15.4. The number of methoxy groups -OCH3 is 1. The number of carboxylic acid groups (broad SMARTS) is 1. The van der Waals surface area contributed by atoms with Crippen LogP contribution in [-0.4, -0.2) is 48.8 Å². The van der Waals surface area contributed by atoms with Crippen LogP contribution in [0.1, 0.15) is 28.1 Å². The van der Waals surface area contributed by atoms with Crippen LogP contribution < -0.4 is 10.1 Å². The van der Waals surface area contributed by atoms with Crippen LogP contribution in [0.15, 0.2) is 41.8 Å². The topological polar surface area (TPSA) is 78.9 Å². The number of nitrogens with one attached hydrogen (secondary N) is 1. The summed E-state index contributed by atoms with van der Waals surface area (Å²) < 4.78 is 5.27. The zero-order valence-electron chi connectivity index (χ0n) is 14.6. The summed E-state index contributed by atoms with van der Waals surface area (Å²) >= 11 is 1.65. The first-order chi connectivity index (χ1) is 12.6. The van der Waals surface area contributed by atoms with E-state index in [1.165, 1.54) is 9.78 Å². The summed E-state index contributed by atoms with van der Waals surface area (Å²) in [5.74, 6) is 0.356. The van der Waals surface area contributed by atoms with Crippen molar-refractivity contribution in [3.05, 3.63) is 52.2 Å². The van der Waals surface area contributed by atoms with Crippen LogP contribution in [0.2, 0.25) is 0 Å². The highest BCUT2D eigenvalue weighted by atomic mass is 32.1. The van der Waals surface area contributed by atoms with E-state index >= 15 is 0 Å². The molecule has 0 atom stereocenters. The lowest BCUT2D eigenvalue weighted by Gasteiger charge is -2.40. The third-order valence-electron chi connectivity index (χ3n) is 4.97. The van der Waals surface area contributed by atoms with Gasteiger partial charge >= 0.3 is 6.09 Å². The maximum absolute atomic E-state index is 12.7. The van der Waals surface area contributed by atoms with Crippen LogP contribution in [0.25, 0.3) is 0 Å². The molecule has 1 fully saturated rings. The standard InChI is InChI=1S/C19H22N2O4S/c1-25-15-6-3-2-5-14(15)17(22)20-13-19(16-7-4-12-26-16)8-10-21(11-9-19)18(23)24/h2-7,12H,8-11,13H2,1H3,(H,20,22)(H,23,24). The van der Waals surface area contributed by atoms with Gasteiger partial charge in [0.1, 0.15) is 5.75 Å². The van der Waals surface area contributed by atoms with Gasteiger partial charge in [-0.2, -0.15) is 0 Å². The summed E-state index contributed by atoms with van der Waals surface area (Å²) in [6.07, 6.45) is 0.487. The highest BCUT2D eigenvalue weighted by Gasteiger charge is 2.38. The Morgan fingerprint density at radius 2 is 1.96 bits per heavy atom. The molecule has 7 heteroatoms. The molecule has 2 aromatic rings. The van der Waals surface area contributed by atoms with Crippen molar-refractivity contribution in [2.75, 3.05) is 26.7 Å². The van der Waals surface area contributed by atoms with Crippen molar-refractivity contribution >= 4 is 23.3 Å². The zero-order chi connectivity index (χ0) is 18.6. The second kappa shape index (κ2) is 7.78. The normalized spacial score (nSPS) is 16.1. The lowest BCUT2D eigenvalue weighted by atomic mass is 9.77. The van der Waals surface area contributed by atoms with Crippen molar-refractivity contribution in [3.8, 4) is 5.75 Å². The molecule has 1 aliphatic rings.